The van der Waals surface area contributed by atoms with E-state index in [-0.39, 0.29) is 24.6 Å². The molecule has 0 saturated carbocycles. The Balaban J connectivity index is 1.53. The highest BCUT2D eigenvalue weighted by Gasteiger charge is 2.14. The zero-order chi connectivity index (χ0) is 19.9. The highest BCUT2D eigenvalue weighted by molar-refractivity contribution is 5.91. The van der Waals surface area contributed by atoms with Crippen LogP contribution in [0.1, 0.15) is 24.3 Å². The molecule has 2 aromatic carbocycles. The van der Waals surface area contributed by atoms with Crippen molar-refractivity contribution < 1.29 is 18.7 Å². The van der Waals surface area contributed by atoms with Crippen LogP contribution in [-0.2, 0) is 16.1 Å². The molecule has 1 heterocycles. The summed E-state index contributed by atoms with van der Waals surface area (Å²) in [7, 11) is 1.46. The van der Waals surface area contributed by atoms with E-state index in [4.69, 9.17) is 9.15 Å². The lowest BCUT2D eigenvalue weighted by Crippen LogP contribution is -2.36. The van der Waals surface area contributed by atoms with Crippen LogP contribution in [0.3, 0.4) is 0 Å². The third kappa shape index (κ3) is 5.11. The molecule has 1 unspecified atom stereocenters. The number of carbonyl (C=O) groups excluding carboxylic acids is 2. The van der Waals surface area contributed by atoms with Crippen molar-refractivity contribution in [3.05, 3.63) is 65.9 Å². The molecule has 3 N–H and O–H groups in total. The van der Waals surface area contributed by atoms with Gasteiger partial charge in [0.05, 0.1) is 6.04 Å². The third-order valence-corrected chi connectivity index (χ3v) is 4.16. The second-order valence-corrected chi connectivity index (χ2v) is 6.42. The van der Waals surface area contributed by atoms with Gasteiger partial charge in [0.2, 0.25) is 5.91 Å². The summed E-state index contributed by atoms with van der Waals surface area (Å²) in [5, 5.41) is 9.40. The zero-order valence-corrected chi connectivity index (χ0v) is 15.8. The summed E-state index contributed by atoms with van der Waals surface area (Å²) in [5.74, 6) is 0.462. The molecule has 1 aromatic heterocycles. The van der Waals surface area contributed by atoms with Crippen molar-refractivity contribution in [3.63, 3.8) is 0 Å². The maximum Gasteiger partial charge on any atom is 0.315 e. The Morgan fingerprint density at radius 2 is 1.93 bits per heavy atom. The van der Waals surface area contributed by atoms with Crippen LogP contribution in [0.2, 0.25) is 0 Å². The fourth-order valence-corrected chi connectivity index (χ4v) is 2.80. The van der Waals surface area contributed by atoms with E-state index >= 15 is 0 Å². The minimum absolute atomic E-state index is 0.00936. The predicted molar refractivity (Wildman–Crippen MR) is 107 cm³/mol. The molecule has 7 nitrogen and oxygen atoms in total. The lowest BCUT2D eigenvalue weighted by Gasteiger charge is -2.13. The second kappa shape index (κ2) is 9.05. The van der Waals surface area contributed by atoms with E-state index in [0.29, 0.717) is 18.0 Å². The van der Waals surface area contributed by atoms with Gasteiger partial charge in [0.25, 0.3) is 0 Å². The Kier molecular flexibility index (Phi) is 6.29. The van der Waals surface area contributed by atoms with Crippen LogP contribution in [-0.4, -0.2) is 25.7 Å². The molecule has 0 spiro atoms. The first-order valence-electron chi connectivity index (χ1n) is 8.95. The van der Waals surface area contributed by atoms with Crippen molar-refractivity contribution in [2.45, 2.75) is 19.5 Å². The molecule has 0 fully saturated rings. The first kappa shape index (κ1) is 19.4. The van der Waals surface area contributed by atoms with E-state index in [1.807, 2.05) is 49.4 Å². The van der Waals surface area contributed by atoms with Crippen molar-refractivity contribution in [3.8, 4) is 0 Å². The number of hydrogen-bond donors (Lipinski definition) is 3. The number of hydrogen-bond acceptors (Lipinski definition) is 4. The van der Waals surface area contributed by atoms with Gasteiger partial charge >= 0.3 is 6.03 Å². The van der Waals surface area contributed by atoms with E-state index in [2.05, 4.69) is 16.0 Å². The largest absolute Gasteiger partial charge is 0.459 e. The molecule has 7 heteroatoms. The first-order chi connectivity index (χ1) is 13.5. The number of fused-ring (bicyclic) bond motifs is 1. The lowest BCUT2D eigenvalue weighted by atomic mass is 10.2. The third-order valence-electron chi connectivity index (χ3n) is 4.16. The van der Waals surface area contributed by atoms with Gasteiger partial charge in [0.1, 0.15) is 18.0 Å². The number of benzene rings is 2. The molecule has 0 aliphatic carbocycles. The minimum Gasteiger partial charge on any atom is -0.459 e. The van der Waals surface area contributed by atoms with Gasteiger partial charge in [-0.15, -0.1) is 0 Å². The molecule has 28 heavy (non-hydrogen) atoms. The van der Waals surface area contributed by atoms with Crippen LogP contribution < -0.4 is 16.0 Å². The molecule has 0 aliphatic rings. The normalized spacial score (nSPS) is 11.8. The number of ether oxygens (including phenoxy) is 1. The summed E-state index contributed by atoms with van der Waals surface area (Å²) in [6, 6.07) is 16.3. The molecule has 1 atom stereocenters. The summed E-state index contributed by atoms with van der Waals surface area (Å²) in [6.45, 7) is 2.18. The van der Waals surface area contributed by atoms with E-state index < -0.39 is 0 Å². The highest BCUT2D eigenvalue weighted by Crippen LogP contribution is 2.23. The van der Waals surface area contributed by atoms with Gasteiger partial charge in [-0.1, -0.05) is 30.3 Å². The number of urea groups is 1. The zero-order valence-electron chi connectivity index (χ0n) is 15.8. The summed E-state index contributed by atoms with van der Waals surface area (Å²) < 4.78 is 10.6. The predicted octanol–water partition coefficient (Wildman–Crippen LogP) is 3.58. The van der Waals surface area contributed by atoms with Crippen LogP contribution >= 0.6 is 0 Å². The van der Waals surface area contributed by atoms with Gasteiger partial charge in [0.15, 0.2) is 0 Å². The summed E-state index contributed by atoms with van der Waals surface area (Å²) in [6.07, 6.45) is 0. The fourth-order valence-electron chi connectivity index (χ4n) is 2.80. The van der Waals surface area contributed by atoms with Crippen LogP contribution in [0.5, 0.6) is 0 Å². The standard InChI is InChI=1S/C21H23N3O4/c1-14(19-11-16-7-3-4-9-18(16)28-19)23-21(26)22-12-15-6-5-8-17(10-15)24-20(25)13-27-2/h3-11,14H,12-13H2,1-2H3,(H,24,25)(H2,22,23,26). The monoisotopic (exact) mass is 381 g/mol. The summed E-state index contributed by atoms with van der Waals surface area (Å²) in [4.78, 5) is 23.8. The number of carbonyl (C=O) groups is 2. The lowest BCUT2D eigenvalue weighted by molar-refractivity contribution is -0.119. The molecular weight excluding hydrogens is 358 g/mol. The molecule has 0 bridgehead atoms. The number of rotatable bonds is 7. The van der Waals surface area contributed by atoms with Gasteiger partial charge in [-0.05, 0) is 36.8 Å². The van der Waals surface area contributed by atoms with Crippen molar-refractivity contribution >= 4 is 28.6 Å². The van der Waals surface area contributed by atoms with Crippen molar-refractivity contribution in [1.82, 2.24) is 10.6 Å². The molecule has 0 saturated heterocycles. The summed E-state index contributed by atoms with van der Waals surface area (Å²) in [5.41, 5.74) is 2.30. The molecular formula is C21H23N3O4. The van der Waals surface area contributed by atoms with Gasteiger partial charge in [-0.3, -0.25) is 4.79 Å². The molecule has 3 rings (SSSR count). The van der Waals surface area contributed by atoms with Crippen molar-refractivity contribution in [2.75, 3.05) is 19.0 Å². The average Bonchev–Trinajstić information content (AvgIpc) is 3.11. The van der Waals surface area contributed by atoms with Gasteiger partial charge in [-0.2, -0.15) is 0 Å². The average molecular weight is 381 g/mol. The Hall–Kier alpha value is -3.32. The fraction of sp³-hybridized carbons (Fsp3) is 0.238. The number of para-hydroxylation sites is 1. The number of nitrogens with one attached hydrogen (secondary N) is 3. The first-order valence-corrected chi connectivity index (χ1v) is 8.95. The van der Waals surface area contributed by atoms with E-state index in [0.717, 1.165) is 16.5 Å². The van der Waals surface area contributed by atoms with E-state index in [9.17, 15) is 9.59 Å². The van der Waals surface area contributed by atoms with Crippen LogP contribution in [0.15, 0.2) is 59.0 Å². The number of furan rings is 1. The minimum atomic E-state index is -0.304. The van der Waals surface area contributed by atoms with Gasteiger partial charge in [-0.25, -0.2) is 4.79 Å². The van der Waals surface area contributed by atoms with Crippen molar-refractivity contribution in [1.29, 1.82) is 0 Å². The number of anilines is 1. The SMILES string of the molecule is COCC(=O)Nc1cccc(CNC(=O)NC(C)c2cc3ccccc3o2)c1. The molecule has 146 valence electrons. The second-order valence-electron chi connectivity index (χ2n) is 6.42. The molecule has 0 aliphatic heterocycles. The Morgan fingerprint density at radius 1 is 1.11 bits per heavy atom. The van der Waals surface area contributed by atoms with Crippen molar-refractivity contribution in [2.24, 2.45) is 0 Å². The number of methoxy groups -OCH3 is 1. The maximum absolute atomic E-state index is 12.2. The van der Waals surface area contributed by atoms with Crippen LogP contribution in [0, 0.1) is 0 Å². The quantitative estimate of drug-likeness (QED) is 0.583. The van der Waals surface area contributed by atoms with Gasteiger partial charge < -0.3 is 25.1 Å². The van der Waals surface area contributed by atoms with E-state index in [1.165, 1.54) is 7.11 Å². The molecule has 3 aromatic rings. The molecule has 0 radical (unpaired) electrons. The highest BCUT2D eigenvalue weighted by atomic mass is 16.5. The van der Waals surface area contributed by atoms with Gasteiger partial charge in [0, 0.05) is 24.7 Å². The molecule has 3 amide bonds. The summed E-state index contributed by atoms with van der Waals surface area (Å²) >= 11 is 0. The number of amides is 3. The Labute approximate surface area is 163 Å². The van der Waals surface area contributed by atoms with E-state index in [1.54, 1.807) is 12.1 Å². The smallest absolute Gasteiger partial charge is 0.315 e. The van der Waals surface area contributed by atoms with Crippen LogP contribution in [0.25, 0.3) is 11.0 Å². The Bertz CT molecular complexity index is 934. The maximum atomic E-state index is 12.2. The topological polar surface area (TPSA) is 92.6 Å². The van der Waals surface area contributed by atoms with Crippen LogP contribution in [0.4, 0.5) is 10.5 Å². The Morgan fingerprint density at radius 3 is 2.71 bits per heavy atom.